The van der Waals surface area contributed by atoms with E-state index < -0.39 is 33.2 Å². The van der Waals surface area contributed by atoms with E-state index in [1.54, 1.807) is 0 Å². The number of halogens is 1. The van der Waals surface area contributed by atoms with Gasteiger partial charge in [0.05, 0.1) is 18.8 Å². The molecular formula is C11H17ClN6O7P2. The molecule has 1 fully saturated rings. The van der Waals surface area contributed by atoms with Crippen LogP contribution in [0.2, 0.25) is 5.28 Å². The Labute approximate surface area is 157 Å². The second-order valence-corrected chi connectivity index (χ2v) is 10.6. The predicted octanol–water partition coefficient (Wildman–Crippen LogP) is 0.106. The van der Waals surface area contributed by atoms with E-state index in [2.05, 4.69) is 20.3 Å². The van der Waals surface area contributed by atoms with Crippen LogP contribution in [0.5, 0.6) is 0 Å². The highest BCUT2D eigenvalue weighted by Gasteiger charge is 2.38. The molecule has 6 N–H and O–H groups in total. The van der Waals surface area contributed by atoms with Crippen LogP contribution in [-0.4, -0.2) is 63.4 Å². The summed E-state index contributed by atoms with van der Waals surface area (Å²) in [5, 5.41) is 18.1. The number of rotatable bonds is 6. The molecule has 3 rings (SSSR count). The minimum Gasteiger partial charge on any atom is -0.391 e. The fraction of sp³-hybridized carbons (Fsp3) is 0.636. The molecule has 16 heteroatoms. The standard InChI is InChI=1S/C11H17ClN6O7P2/c12-11-14-9(13)8-10(15-11)18(17-16-8)6-1-5(2-7(6)19)3-25-27(23,24)4-26(20,21)22/h5-7,19H,1-4H2,(H,23,24)(H2,13,14,15)(H2,20,21,22)/t5-,6+,7+/m0/s1. The van der Waals surface area contributed by atoms with E-state index in [-0.39, 0.29) is 41.2 Å². The number of fused-ring (bicyclic) bond motifs is 1. The maximum absolute atomic E-state index is 11.7. The Morgan fingerprint density at radius 3 is 2.63 bits per heavy atom. The Bertz CT molecular complexity index is 951. The van der Waals surface area contributed by atoms with Gasteiger partial charge in [0.2, 0.25) is 5.28 Å². The molecule has 150 valence electrons. The summed E-state index contributed by atoms with van der Waals surface area (Å²) in [7, 11) is -9.15. The van der Waals surface area contributed by atoms with Gasteiger partial charge in [-0.3, -0.25) is 9.13 Å². The fourth-order valence-electron chi connectivity index (χ4n) is 3.03. The van der Waals surface area contributed by atoms with E-state index in [1.165, 1.54) is 4.68 Å². The molecule has 0 amide bonds. The van der Waals surface area contributed by atoms with Crippen molar-refractivity contribution in [2.24, 2.45) is 5.92 Å². The lowest BCUT2D eigenvalue weighted by atomic mass is 10.1. The number of anilines is 1. The molecule has 4 atom stereocenters. The quantitative estimate of drug-likeness (QED) is 0.298. The summed E-state index contributed by atoms with van der Waals surface area (Å²) < 4.78 is 28.8. The van der Waals surface area contributed by atoms with Crippen LogP contribution in [0.3, 0.4) is 0 Å². The minimum atomic E-state index is -4.70. The van der Waals surface area contributed by atoms with Gasteiger partial charge >= 0.3 is 15.2 Å². The van der Waals surface area contributed by atoms with E-state index >= 15 is 0 Å². The maximum atomic E-state index is 11.7. The van der Waals surface area contributed by atoms with Crippen LogP contribution in [0.1, 0.15) is 18.9 Å². The molecule has 1 saturated carbocycles. The number of nitrogens with two attached hydrogens (primary N) is 1. The Kier molecular flexibility index (Phi) is 5.59. The number of aromatic nitrogens is 5. The molecule has 2 aromatic rings. The van der Waals surface area contributed by atoms with Crippen molar-refractivity contribution in [1.82, 2.24) is 25.0 Å². The highest BCUT2D eigenvalue weighted by Crippen LogP contribution is 2.56. The maximum Gasteiger partial charge on any atom is 0.340 e. The second kappa shape index (κ2) is 7.34. The van der Waals surface area contributed by atoms with Crippen LogP contribution >= 0.6 is 26.8 Å². The molecule has 0 saturated heterocycles. The van der Waals surface area contributed by atoms with Gasteiger partial charge in [0.25, 0.3) is 0 Å². The summed E-state index contributed by atoms with van der Waals surface area (Å²) in [6.07, 6.45) is -0.355. The number of nitrogen functional groups attached to an aromatic ring is 1. The van der Waals surface area contributed by atoms with Gasteiger partial charge in [-0.25, -0.2) is 4.68 Å². The lowest BCUT2D eigenvalue weighted by Gasteiger charge is -2.16. The van der Waals surface area contributed by atoms with Crippen LogP contribution in [0.15, 0.2) is 0 Å². The zero-order valence-electron chi connectivity index (χ0n) is 13.7. The molecule has 2 heterocycles. The Hall–Kier alpha value is -1.17. The topological polar surface area (TPSA) is 207 Å². The number of aliphatic hydroxyl groups excluding tert-OH is 1. The van der Waals surface area contributed by atoms with E-state index in [4.69, 9.17) is 31.6 Å². The summed E-state index contributed by atoms with van der Waals surface area (Å²) in [4.78, 5) is 34.9. The van der Waals surface area contributed by atoms with Gasteiger partial charge in [-0.1, -0.05) is 5.21 Å². The predicted molar refractivity (Wildman–Crippen MR) is 93.0 cm³/mol. The van der Waals surface area contributed by atoms with Crippen molar-refractivity contribution in [1.29, 1.82) is 0 Å². The third-order valence-corrected chi connectivity index (χ3v) is 7.73. The van der Waals surface area contributed by atoms with Crippen LogP contribution in [0.25, 0.3) is 11.2 Å². The molecule has 0 spiro atoms. The summed E-state index contributed by atoms with van der Waals surface area (Å²) in [6, 6.07) is -0.561. The molecule has 1 aliphatic rings. The molecule has 0 aliphatic heterocycles. The number of hydrogen-bond acceptors (Lipinski definition) is 9. The molecule has 1 aliphatic carbocycles. The van der Waals surface area contributed by atoms with Crippen molar-refractivity contribution < 1.29 is 33.4 Å². The van der Waals surface area contributed by atoms with Crippen molar-refractivity contribution in [2.45, 2.75) is 25.0 Å². The summed E-state index contributed by atoms with van der Waals surface area (Å²) in [5.41, 5.74) is 6.19. The zero-order valence-corrected chi connectivity index (χ0v) is 16.2. The van der Waals surface area contributed by atoms with E-state index in [0.717, 1.165) is 0 Å². The molecule has 0 bridgehead atoms. The van der Waals surface area contributed by atoms with Crippen LogP contribution < -0.4 is 5.73 Å². The Morgan fingerprint density at radius 1 is 1.26 bits per heavy atom. The minimum absolute atomic E-state index is 0.0438. The highest BCUT2D eigenvalue weighted by atomic mass is 35.5. The first-order chi connectivity index (χ1) is 12.5. The van der Waals surface area contributed by atoms with Crippen molar-refractivity contribution in [3.05, 3.63) is 5.28 Å². The van der Waals surface area contributed by atoms with Gasteiger partial charge in [0.15, 0.2) is 22.9 Å². The fourth-order valence-corrected chi connectivity index (χ4v) is 5.84. The smallest absolute Gasteiger partial charge is 0.340 e. The third kappa shape index (κ3) is 4.82. The Morgan fingerprint density at radius 2 is 1.96 bits per heavy atom. The van der Waals surface area contributed by atoms with Crippen molar-refractivity contribution in [3.63, 3.8) is 0 Å². The normalized spacial score (nSPS) is 25.7. The van der Waals surface area contributed by atoms with E-state index in [1.807, 2.05) is 0 Å². The van der Waals surface area contributed by atoms with Crippen LogP contribution in [0.4, 0.5) is 5.82 Å². The first-order valence-corrected chi connectivity index (χ1v) is 11.6. The van der Waals surface area contributed by atoms with Crippen molar-refractivity contribution in [2.75, 3.05) is 18.2 Å². The lowest BCUT2D eigenvalue weighted by Crippen LogP contribution is -2.19. The summed E-state index contributed by atoms with van der Waals surface area (Å²) in [6.45, 7) is -0.258. The summed E-state index contributed by atoms with van der Waals surface area (Å²) >= 11 is 5.80. The van der Waals surface area contributed by atoms with Gasteiger partial charge in [0, 0.05) is 0 Å². The first-order valence-electron chi connectivity index (χ1n) is 7.68. The Balaban J connectivity index is 1.72. The van der Waals surface area contributed by atoms with Gasteiger partial charge in [-0.15, -0.1) is 5.10 Å². The van der Waals surface area contributed by atoms with Crippen LogP contribution in [-0.2, 0) is 13.7 Å². The molecule has 1 unspecified atom stereocenters. The van der Waals surface area contributed by atoms with Crippen molar-refractivity contribution in [3.8, 4) is 0 Å². The van der Waals surface area contributed by atoms with E-state index in [9.17, 15) is 19.1 Å². The summed E-state index contributed by atoms with van der Waals surface area (Å²) in [5.74, 6) is -1.57. The molecule has 0 radical (unpaired) electrons. The average molecular weight is 443 g/mol. The van der Waals surface area contributed by atoms with Gasteiger partial charge < -0.3 is 30.0 Å². The first kappa shape index (κ1) is 20.6. The molecule has 13 nitrogen and oxygen atoms in total. The van der Waals surface area contributed by atoms with Crippen molar-refractivity contribution >= 4 is 43.8 Å². The molecular weight excluding hydrogens is 426 g/mol. The third-order valence-electron chi connectivity index (χ3n) is 4.11. The largest absolute Gasteiger partial charge is 0.391 e. The molecule has 27 heavy (non-hydrogen) atoms. The second-order valence-electron chi connectivity index (χ2n) is 6.30. The molecule has 2 aromatic heterocycles. The van der Waals surface area contributed by atoms with E-state index in [0.29, 0.717) is 6.42 Å². The van der Waals surface area contributed by atoms with Gasteiger partial charge in [-0.2, -0.15) is 9.97 Å². The van der Waals surface area contributed by atoms with Gasteiger partial charge in [-0.05, 0) is 30.4 Å². The number of hydrogen-bond donors (Lipinski definition) is 5. The highest BCUT2D eigenvalue weighted by molar-refractivity contribution is 7.70. The SMILES string of the molecule is Nc1nc(Cl)nc2c1nnn2[C@@H]1C[C@H](COP(=O)(O)CP(=O)(O)O)C[C@H]1O. The lowest BCUT2D eigenvalue weighted by molar-refractivity contribution is 0.127. The number of nitrogens with zero attached hydrogens (tertiary/aromatic N) is 5. The monoisotopic (exact) mass is 442 g/mol. The van der Waals surface area contributed by atoms with Gasteiger partial charge in [0.1, 0.15) is 0 Å². The average Bonchev–Trinajstić information content (AvgIpc) is 3.06. The zero-order chi connectivity index (χ0) is 20.0. The van der Waals surface area contributed by atoms with Crippen LogP contribution in [0, 0.1) is 5.92 Å². The number of aliphatic hydroxyl groups is 1. The molecule has 0 aromatic carbocycles.